The van der Waals surface area contributed by atoms with Crippen LogP contribution in [0.2, 0.25) is 0 Å². The molecule has 1 atom stereocenters. The predicted molar refractivity (Wildman–Crippen MR) is 107 cm³/mol. The Balaban J connectivity index is 1.81. The van der Waals surface area contributed by atoms with Gasteiger partial charge in [0, 0.05) is 12.2 Å². The van der Waals surface area contributed by atoms with E-state index in [0.29, 0.717) is 6.54 Å². The number of hydrogen-bond acceptors (Lipinski definition) is 6. The minimum absolute atomic E-state index is 0.0419. The fourth-order valence-electron chi connectivity index (χ4n) is 3.30. The molecule has 0 bridgehead atoms. The van der Waals surface area contributed by atoms with Crippen LogP contribution in [0.5, 0.6) is 0 Å². The molecule has 6 nitrogen and oxygen atoms in total. The molecule has 2 fully saturated rings. The third-order valence-electron chi connectivity index (χ3n) is 5.48. The molecule has 0 aliphatic carbocycles. The van der Waals surface area contributed by atoms with E-state index in [1.54, 1.807) is 16.2 Å². The van der Waals surface area contributed by atoms with Crippen molar-refractivity contribution in [1.29, 1.82) is 0 Å². The maximum absolute atomic E-state index is 12.6. The lowest BCUT2D eigenvalue weighted by atomic mass is 9.86. The smallest absolute Gasteiger partial charge is 0.444 e. The number of aromatic nitrogens is 1. The average molecular weight is 394 g/mol. The largest absolute Gasteiger partial charge is 0.507 e. The number of carbonyl (C=O) groups is 1. The Morgan fingerprint density at radius 2 is 1.85 bits per heavy atom. The minimum Gasteiger partial charge on any atom is -0.444 e. The van der Waals surface area contributed by atoms with Crippen molar-refractivity contribution in [3.05, 3.63) is 10.7 Å². The van der Waals surface area contributed by atoms with Crippen molar-refractivity contribution in [3.8, 4) is 0 Å². The van der Waals surface area contributed by atoms with E-state index < -0.39 is 12.7 Å². The Bertz CT molecular complexity index is 710. The topological polar surface area (TPSA) is 60.9 Å². The van der Waals surface area contributed by atoms with Gasteiger partial charge in [0.1, 0.15) is 10.6 Å². The number of ether oxygens (including phenoxy) is 1. The van der Waals surface area contributed by atoms with E-state index in [2.05, 4.69) is 0 Å². The predicted octanol–water partition coefficient (Wildman–Crippen LogP) is 3.82. The molecule has 0 spiro atoms. The molecule has 0 radical (unpaired) electrons. The third kappa shape index (κ3) is 4.03. The van der Waals surface area contributed by atoms with Crippen molar-refractivity contribution < 1.29 is 18.8 Å². The summed E-state index contributed by atoms with van der Waals surface area (Å²) in [5, 5.41) is 0.931. The van der Waals surface area contributed by atoms with Gasteiger partial charge in [0.15, 0.2) is 0 Å². The van der Waals surface area contributed by atoms with E-state index in [0.717, 1.165) is 28.3 Å². The van der Waals surface area contributed by atoms with Crippen LogP contribution in [0.1, 0.15) is 78.1 Å². The zero-order valence-electron chi connectivity index (χ0n) is 17.7. The van der Waals surface area contributed by atoms with Gasteiger partial charge in [0.2, 0.25) is 0 Å². The maximum atomic E-state index is 12.6. The molecule has 0 saturated carbocycles. The molecular formula is C19H31BN2O4S. The summed E-state index contributed by atoms with van der Waals surface area (Å²) in [5.41, 5.74) is -0.366. The summed E-state index contributed by atoms with van der Waals surface area (Å²) in [6, 6.07) is -0.0419. The lowest BCUT2D eigenvalue weighted by Crippen LogP contribution is -2.41. The van der Waals surface area contributed by atoms with E-state index in [-0.39, 0.29) is 23.3 Å². The quantitative estimate of drug-likeness (QED) is 0.714. The van der Waals surface area contributed by atoms with Gasteiger partial charge >= 0.3 is 13.2 Å². The summed E-state index contributed by atoms with van der Waals surface area (Å²) < 4.78 is 18.9. The summed E-state index contributed by atoms with van der Waals surface area (Å²) >= 11 is 1.58. The van der Waals surface area contributed by atoms with Gasteiger partial charge in [-0.3, -0.25) is 4.90 Å². The molecule has 1 aromatic rings. The molecule has 2 aliphatic heterocycles. The molecule has 3 rings (SSSR count). The number of hydrogen-bond donors (Lipinski definition) is 0. The lowest BCUT2D eigenvalue weighted by Gasteiger charge is -2.32. The molecule has 27 heavy (non-hydrogen) atoms. The number of likely N-dealkylation sites (tertiary alicyclic amines) is 1. The van der Waals surface area contributed by atoms with Gasteiger partial charge in [-0.05, 0) is 68.2 Å². The second kappa shape index (κ2) is 6.74. The molecule has 3 heterocycles. The Kier molecular flexibility index (Phi) is 5.15. The number of nitrogens with zero attached hydrogens (tertiary/aromatic N) is 2. The van der Waals surface area contributed by atoms with Crippen molar-refractivity contribution in [2.24, 2.45) is 0 Å². The van der Waals surface area contributed by atoms with Crippen molar-refractivity contribution in [2.75, 3.05) is 6.54 Å². The first-order valence-electron chi connectivity index (χ1n) is 9.63. The molecule has 1 aromatic heterocycles. The lowest BCUT2D eigenvalue weighted by molar-refractivity contribution is 0.00578. The van der Waals surface area contributed by atoms with E-state index >= 15 is 0 Å². The Morgan fingerprint density at radius 3 is 2.41 bits per heavy atom. The van der Waals surface area contributed by atoms with Crippen LogP contribution in [-0.4, -0.2) is 46.4 Å². The SMILES string of the molecule is Cc1nc(C2CCCN2C(=O)OC(C)(C)C)sc1B1OC(C)(C)C(C)(C)O1. The van der Waals surface area contributed by atoms with Crippen LogP contribution in [0.4, 0.5) is 4.79 Å². The van der Waals surface area contributed by atoms with Crippen LogP contribution in [0.25, 0.3) is 0 Å². The average Bonchev–Trinajstić information content (AvgIpc) is 3.14. The minimum atomic E-state index is -0.503. The van der Waals surface area contributed by atoms with Crippen LogP contribution in [0, 0.1) is 6.92 Å². The van der Waals surface area contributed by atoms with E-state index in [1.807, 2.05) is 55.4 Å². The van der Waals surface area contributed by atoms with Crippen LogP contribution in [-0.2, 0) is 14.0 Å². The molecule has 0 N–H and O–H groups in total. The molecule has 150 valence electrons. The summed E-state index contributed by atoms with van der Waals surface area (Å²) in [5.74, 6) is 0. The first-order chi connectivity index (χ1) is 12.3. The highest BCUT2D eigenvalue weighted by atomic mass is 32.1. The number of thiazole rings is 1. The first-order valence-corrected chi connectivity index (χ1v) is 10.4. The van der Waals surface area contributed by atoms with Gasteiger partial charge in [0.05, 0.1) is 22.0 Å². The fraction of sp³-hybridized carbons (Fsp3) is 0.789. The van der Waals surface area contributed by atoms with Crippen LogP contribution in [0.15, 0.2) is 0 Å². The van der Waals surface area contributed by atoms with Gasteiger partial charge in [-0.1, -0.05) is 0 Å². The van der Waals surface area contributed by atoms with Gasteiger partial charge in [-0.2, -0.15) is 0 Å². The second-order valence-corrected chi connectivity index (χ2v) is 10.5. The van der Waals surface area contributed by atoms with Crippen molar-refractivity contribution in [3.63, 3.8) is 0 Å². The van der Waals surface area contributed by atoms with Gasteiger partial charge in [0.25, 0.3) is 0 Å². The van der Waals surface area contributed by atoms with Crippen LogP contribution in [0.3, 0.4) is 0 Å². The highest BCUT2D eigenvalue weighted by molar-refractivity contribution is 7.22. The van der Waals surface area contributed by atoms with Gasteiger partial charge < -0.3 is 14.0 Å². The molecule has 2 aliphatic rings. The number of amides is 1. The summed E-state index contributed by atoms with van der Waals surface area (Å²) in [6.07, 6.45) is 1.58. The molecule has 8 heteroatoms. The van der Waals surface area contributed by atoms with Gasteiger partial charge in [-0.15, -0.1) is 11.3 Å². The zero-order chi connectivity index (χ0) is 20.2. The fourth-order valence-corrected chi connectivity index (χ4v) is 4.48. The van der Waals surface area contributed by atoms with E-state index in [1.165, 1.54) is 0 Å². The maximum Gasteiger partial charge on any atom is 0.507 e. The summed E-state index contributed by atoms with van der Waals surface area (Å²) in [4.78, 5) is 19.2. The van der Waals surface area contributed by atoms with E-state index in [9.17, 15) is 4.79 Å². The Hall–Kier alpha value is -1.12. The van der Waals surface area contributed by atoms with Gasteiger partial charge in [-0.25, -0.2) is 9.78 Å². The standard InChI is InChI=1S/C19H31BN2O4S/c1-12-14(20-25-18(5,6)19(7,8)26-20)27-15(21-12)13-10-9-11-22(13)16(23)24-17(2,3)4/h13H,9-11H2,1-8H3. The number of carbonyl (C=O) groups excluding carboxylic acids is 1. The normalized spacial score (nSPS) is 24.5. The second-order valence-electron chi connectivity index (χ2n) is 9.42. The number of aryl methyl sites for hydroxylation is 1. The summed E-state index contributed by atoms with van der Waals surface area (Å²) in [6.45, 7) is 16.5. The van der Waals surface area contributed by atoms with Crippen molar-refractivity contribution in [2.45, 2.75) is 91.1 Å². The summed E-state index contributed by atoms with van der Waals surface area (Å²) in [7, 11) is -0.419. The van der Waals surface area contributed by atoms with Crippen LogP contribution < -0.4 is 4.78 Å². The monoisotopic (exact) mass is 394 g/mol. The Morgan fingerprint density at radius 1 is 1.26 bits per heavy atom. The Labute approximate surface area is 166 Å². The highest BCUT2D eigenvalue weighted by Crippen LogP contribution is 2.39. The molecule has 0 aromatic carbocycles. The van der Waals surface area contributed by atoms with Crippen LogP contribution >= 0.6 is 11.3 Å². The molecule has 1 unspecified atom stereocenters. The zero-order valence-corrected chi connectivity index (χ0v) is 18.5. The molecule has 1 amide bonds. The third-order valence-corrected chi connectivity index (χ3v) is 6.76. The van der Waals surface area contributed by atoms with E-state index in [4.69, 9.17) is 19.0 Å². The molecule has 2 saturated heterocycles. The van der Waals surface area contributed by atoms with Crippen molar-refractivity contribution in [1.82, 2.24) is 9.88 Å². The first kappa shape index (κ1) is 20.6. The molecular weight excluding hydrogens is 363 g/mol. The highest BCUT2D eigenvalue weighted by Gasteiger charge is 2.53. The van der Waals surface area contributed by atoms with Crippen molar-refractivity contribution >= 4 is 29.3 Å². The number of rotatable bonds is 2.